The fourth-order valence-electron chi connectivity index (χ4n) is 5.91. The molecule has 0 bridgehead atoms. The Hall–Kier alpha value is -8.29. The summed E-state index contributed by atoms with van der Waals surface area (Å²) in [7, 11) is 0. The summed E-state index contributed by atoms with van der Waals surface area (Å²) in [5.41, 5.74) is 6.57. The average Bonchev–Trinajstić information content (AvgIpc) is 3.22. The van der Waals surface area contributed by atoms with Crippen molar-refractivity contribution in [3.63, 3.8) is 0 Å². The number of non-ortho nitro benzene ring substituents is 1. The number of nitro benzene ring substituents is 1. The molecule has 0 aliphatic rings. The molecule has 13 N–H and O–H groups in total. The number of ketones is 2. The standard InChI is InChI=1S/C44H39N5O12.2H3N/c1-24(2)61-40-30(13-20-34(39(40)53)43(56)47-32-16-9-29(10-17-32)44(57)58)22-36(50)26-5-3-25(4-6-26)21-37(51)35(23-38(45)52)48-42(55)27-7-14-31(15-8-27)46-41(54)28-11-18-33(19-12-28)49(59)60;;/h3-20,24,35,53H,21-23H2,1-2H3,(H2,45,52)(H,46,54)(H,47,56)(H,48,55)(H,57,58);2*1H3/t35-;;/m0../s1. The Morgan fingerprint density at radius 1 is 0.667 bits per heavy atom. The number of hydrogen-bond acceptors (Lipinski definition) is 12. The summed E-state index contributed by atoms with van der Waals surface area (Å²) in [6, 6.07) is 23.2. The van der Waals surface area contributed by atoms with E-state index in [1.165, 1.54) is 109 Å². The van der Waals surface area contributed by atoms with Crippen LogP contribution in [0, 0.1) is 10.1 Å². The number of Topliss-reactive ketones (excluding diaryl/α,β-unsaturated/α-hetero) is 2. The maximum absolute atomic E-state index is 13.5. The zero-order valence-corrected chi connectivity index (χ0v) is 34.6. The number of nitrogens with two attached hydrogens (primary N) is 1. The van der Waals surface area contributed by atoms with Crippen LogP contribution in [0.2, 0.25) is 0 Å². The number of carbonyl (C=O) groups excluding carboxylic acids is 7. The number of nitrogens with one attached hydrogen (secondary N) is 3. The number of carboxylic acid groups (broad SMARTS) is 1. The molecule has 19 heteroatoms. The molecule has 5 aromatic carbocycles. The van der Waals surface area contributed by atoms with Crippen LogP contribution in [0.5, 0.6) is 11.5 Å². The first-order valence-corrected chi connectivity index (χ1v) is 18.5. The number of hydrogen-bond donors (Lipinski definition) is 6. The summed E-state index contributed by atoms with van der Waals surface area (Å²) in [5.74, 6) is -6.15. The Bertz CT molecular complexity index is 2510. The fraction of sp³-hybridized carbons (Fsp3) is 0.159. The fourth-order valence-corrected chi connectivity index (χ4v) is 5.91. The summed E-state index contributed by atoms with van der Waals surface area (Å²) in [6.07, 6.45) is -1.50. The van der Waals surface area contributed by atoms with Crippen molar-refractivity contribution in [2.75, 3.05) is 10.6 Å². The lowest BCUT2D eigenvalue weighted by Crippen LogP contribution is -2.44. The molecule has 0 saturated carbocycles. The number of nitro groups is 1. The molecule has 4 amide bonds. The SMILES string of the molecule is CC(C)Oc1c(CC(=O)c2ccc(CC(=O)[C@H](CC(N)=O)NC(=O)c3ccc(NC(=O)c4ccc([N+](=O)[O-])cc4)cc3)cc2)ccc(C(=O)Nc2ccc(C(=O)[O-])cc2)c1[O-].[NH4+].[NH4+]. The molecule has 0 aliphatic heterocycles. The minimum atomic E-state index is -1.39. The number of ether oxygens (including phenoxy) is 1. The lowest BCUT2D eigenvalue weighted by Gasteiger charge is -2.23. The van der Waals surface area contributed by atoms with Gasteiger partial charge in [0.15, 0.2) is 11.6 Å². The number of carboxylic acids is 1. The highest BCUT2D eigenvalue weighted by Gasteiger charge is 2.24. The molecule has 5 rings (SSSR count). The largest absolute Gasteiger partial charge is 0.869 e. The maximum atomic E-state index is 13.5. The van der Waals surface area contributed by atoms with Gasteiger partial charge in [0.2, 0.25) is 5.91 Å². The first kappa shape index (κ1) is 49.1. The Morgan fingerprint density at radius 3 is 1.70 bits per heavy atom. The lowest BCUT2D eigenvalue weighted by atomic mass is 9.97. The van der Waals surface area contributed by atoms with Crippen molar-refractivity contribution >= 4 is 58.2 Å². The molecule has 0 unspecified atom stereocenters. The molecule has 63 heavy (non-hydrogen) atoms. The molecular formula is C44H45N7O12. The van der Waals surface area contributed by atoms with E-state index in [2.05, 4.69) is 16.0 Å². The van der Waals surface area contributed by atoms with Crippen LogP contribution >= 0.6 is 0 Å². The van der Waals surface area contributed by atoms with E-state index in [0.29, 0.717) is 11.3 Å². The van der Waals surface area contributed by atoms with Gasteiger partial charge in [-0.1, -0.05) is 48.2 Å². The van der Waals surface area contributed by atoms with Crippen molar-refractivity contribution in [3.8, 4) is 11.5 Å². The first-order chi connectivity index (χ1) is 29.0. The number of quaternary nitrogens is 2. The van der Waals surface area contributed by atoms with Crippen LogP contribution in [0.4, 0.5) is 17.1 Å². The van der Waals surface area contributed by atoms with Gasteiger partial charge in [-0.25, -0.2) is 0 Å². The number of aromatic carboxylic acids is 1. The summed E-state index contributed by atoms with van der Waals surface area (Å²) in [4.78, 5) is 98.6. The van der Waals surface area contributed by atoms with Crippen molar-refractivity contribution in [2.45, 2.75) is 45.3 Å². The highest BCUT2D eigenvalue weighted by Crippen LogP contribution is 2.34. The van der Waals surface area contributed by atoms with Gasteiger partial charge in [0.05, 0.1) is 29.5 Å². The number of primary amides is 1. The van der Waals surface area contributed by atoms with Gasteiger partial charge in [0, 0.05) is 64.2 Å². The Morgan fingerprint density at radius 2 is 1.17 bits per heavy atom. The van der Waals surface area contributed by atoms with E-state index in [4.69, 9.17) is 10.5 Å². The summed E-state index contributed by atoms with van der Waals surface area (Å²) < 4.78 is 5.76. The number of amides is 4. The second-order valence-corrected chi connectivity index (χ2v) is 13.9. The molecule has 0 heterocycles. The zero-order valence-electron chi connectivity index (χ0n) is 34.6. The van der Waals surface area contributed by atoms with Crippen LogP contribution in [0.15, 0.2) is 109 Å². The molecule has 0 aliphatic carbocycles. The predicted octanol–water partition coefficient (Wildman–Crippen LogP) is 4.29. The van der Waals surface area contributed by atoms with E-state index in [1.807, 2.05) is 0 Å². The third kappa shape index (κ3) is 13.1. The summed E-state index contributed by atoms with van der Waals surface area (Å²) in [5, 5.41) is 43.0. The van der Waals surface area contributed by atoms with Gasteiger partial charge in [-0.2, -0.15) is 0 Å². The normalized spacial score (nSPS) is 10.8. The minimum Gasteiger partial charge on any atom is -0.869 e. The van der Waals surface area contributed by atoms with Crippen LogP contribution in [-0.2, 0) is 22.4 Å². The van der Waals surface area contributed by atoms with Crippen molar-refractivity contribution in [2.24, 2.45) is 5.73 Å². The molecule has 1 atom stereocenters. The topological polar surface area (TPSA) is 353 Å². The van der Waals surface area contributed by atoms with E-state index < -0.39 is 70.4 Å². The number of nitrogens with zero attached hydrogens (tertiary/aromatic N) is 1. The van der Waals surface area contributed by atoms with Crippen LogP contribution in [0.25, 0.3) is 0 Å². The monoisotopic (exact) mass is 863 g/mol. The second-order valence-electron chi connectivity index (χ2n) is 13.9. The van der Waals surface area contributed by atoms with E-state index in [0.717, 1.165) is 0 Å². The third-order valence-electron chi connectivity index (χ3n) is 9.02. The van der Waals surface area contributed by atoms with Crippen LogP contribution in [0.1, 0.15) is 83.2 Å². The van der Waals surface area contributed by atoms with Crippen LogP contribution in [-0.4, -0.2) is 58.2 Å². The molecule has 328 valence electrons. The lowest BCUT2D eigenvalue weighted by molar-refractivity contribution is -0.384. The molecule has 19 nitrogen and oxygen atoms in total. The van der Waals surface area contributed by atoms with E-state index in [1.54, 1.807) is 13.8 Å². The number of benzene rings is 5. The van der Waals surface area contributed by atoms with Gasteiger partial charge >= 0.3 is 0 Å². The molecule has 0 radical (unpaired) electrons. The summed E-state index contributed by atoms with van der Waals surface area (Å²) >= 11 is 0. The van der Waals surface area contributed by atoms with Crippen LogP contribution < -0.4 is 48.9 Å². The smallest absolute Gasteiger partial charge is 0.269 e. The number of carbonyl (C=O) groups is 7. The third-order valence-corrected chi connectivity index (χ3v) is 9.02. The molecular weight excluding hydrogens is 819 g/mol. The highest BCUT2D eigenvalue weighted by atomic mass is 16.6. The second kappa shape index (κ2) is 21.8. The predicted molar refractivity (Wildman–Crippen MR) is 228 cm³/mol. The first-order valence-electron chi connectivity index (χ1n) is 18.5. The van der Waals surface area contributed by atoms with Gasteiger partial charge in [-0.05, 0) is 79.6 Å². The van der Waals surface area contributed by atoms with Gasteiger partial charge in [0.1, 0.15) is 5.75 Å². The summed E-state index contributed by atoms with van der Waals surface area (Å²) in [6.45, 7) is 3.34. The molecule has 0 fully saturated rings. The molecule has 0 spiro atoms. The highest BCUT2D eigenvalue weighted by molar-refractivity contribution is 6.07. The van der Waals surface area contributed by atoms with Gasteiger partial charge in [-0.3, -0.25) is 38.9 Å². The Kier molecular flexibility index (Phi) is 17.0. The van der Waals surface area contributed by atoms with Gasteiger partial charge < -0.3 is 53.7 Å². The number of anilines is 2. The zero-order chi connectivity index (χ0) is 44.4. The van der Waals surface area contributed by atoms with E-state index in [9.17, 15) is 53.9 Å². The molecule has 0 aromatic heterocycles. The molecule has 0 saturated heterocycles. The Labute approximate surface area is 360 Å². The van der Waals surface area contributed by atoms with E-state index in [-0.39, 0.29) is 75.6 Å². The number of rotatable bonds is 18. The van der Waals surface area contributed by atoms with Crippen LogP contribution in [0.3, 0.4) is 0 Å². The van der Waals surface area contributed by atoms with E-state index >= 15 is 0 Å². The average molecular weight is 864 g/mol. The minimum absolute atomic E-state index is 0. The Balaban J connectivity index is 0.00000528. The maximum Gasteiger partial charge on any atom is 0.269 e. The van der Waals surface area contributed by atoms with Crippen molar-refractivity contribution in [1.82, 2.24) is 17.6 Å². The quantitative estimate of drug-likeness (QED) is 0.0408. The van der Waals surface area contributed by atoms with Crippen molar-refractivity contribution in [3.05, 3.63) is 158 Å². The van der Waals surface area contributed by atoms with Crippen molar-refractivity contribution < 1.29 is 53.4 Å². The molecule has 5 aromatic rings. The van der Waals surface area contributed by atoms with Gasteiger partial charge in [-0.15, -0.1) is 0 Å². The van der Waals surface area contributed by atoms with Crippen molar-refractivity contribution in [1.29, 1.82) is 0 Å². The van der Waals surface area contributed by atoms with Gasteiger partial charge in [0.25, 0.3) is 23.4 Å².